The van der Waals surface area contributed by atoms with Crippen LogP contribution in [0, 0.1) is 0 Å². The fraction of sp³-hybridized carbons (Fsp3) is 0.300. The van der Waals surface area contributed by atoms with Gasteiger partial charge in [-0.15, -0.1) is 0 Å². The number of benzene rings is 1. The number of hydrogen-bond donors (Lipinski definition) is 0. The van der Waals surface area contributed by atoms with Gasteiger partial charge in [0.15, 0.2) is 12.4 Å². The standard InChI is InChI=1S/C10H11BrO2/c1-8(7-12)13-10-4-2-3-9(5-10)6-11/h2-5,7-8H,6H2,1H3/t8-/m1/s1. The molecule has 13 heavy (non-hydrogen) atoms. The minimum absolute atomic E-state index is 0.384. The zero-order chi connectivity index (χ0) is 9.68. The summed E-state index contributed by atoms with van der Waals surface area (Å²) >= 11 is 3.35. The highest BCUT2D eigenvalue weighted by atomic mass is 79.9. The molecule has 0 saturated carbocycles. The lowest BCUT2D eigenvalue weighted by molar-refractivity contribution is -0.113. The Bertz CT molecular complexity index is 286. The van der Waals surface area contributed by atoms with Gasteiger partial charge in [0.25, 0.3) is 0 Å². The lowest BCUT2D eigenvalue weighted by atomic mass is 10.2. The first kappa shape index (κ1) is 10.3. The Morgan fingerprint density at radius 3 is 3.00 bits per heavy atom. The van der Waals surface area contributed by atoms with Gasteiger partial charge in [-0.25, -0.2) is 0 Å². The minimum Gasteiger partial charge on any atom is -0.483 e. The van der Waals surface area contributed by atoms with E-state index in [-0.39, 0.29) is 6.10 Å². The maximum absolute atomic E-state index is 10.3. The minimum atomic E-state index is -0.384. The van der Waals surface area contributed by atoms with E-state index in [2.05, 4.69) is 15.9 Å². The molecule has 0 aliphatic carbocycles. The fourth-order valence-electron chi connectivity index (χ4n) is 0.944. The van der Waals surface area contributed by atoms with Gasteiger partial charge >= 0.3 is 0 Å². The van der Waals surface area contributed by atoms with Crippen LogP contribution < -0.4 is 4.74 Å². The Morgan fingerprint density at radius 2 is 2.38 bits per heavy atom. The highest BCUT2D eigenvalue weighted by Crippen LogP contribution is 2.16. The molecule has 0 amide bonds. The number of halogens is 1. The molecule has 1 rings (SSSR count). The molecule has 2 nitrogen and oxygen atoms in total. The van der Waals surface area contributed by atoms with Gasteiger partial charge in [-0.3, -0.25) is 4.79 Å². The number of rotatable bonds is 4. The topological polar surface area (TPSA) is 26.3 Å². The van der Waals surface area contributed by atoms with Crippen molar-refractivity contribution in [2.24, 2.45) is 0 Å². The summed E-state index contributed by atoms with van der Waals surface area (Å²) in [5.41, 5.74) is 1.13. The van der Waals surface area contributed by atoms with Crippen LogP contribution >= 0.6 is 15.9 Å². The van der Waals surface area contributed by atoms with Gasteiger partial charge in [0.2, 0.25) is 0 Å². The van der Waals surface area contributed by atoms with Crippen molar-refractivity contribution in [3.8, 4) is 5.75 Å². The zero-order valence-corrected chi connectivity index (χ0v) is 8.95. The number of ether oxygens (including phenoxy) is 1. The van der Waals surface area contributed by atoms with Crippen LogP contribution in [0.2, 0.25) is 0 Å². The predicted octanol–water partition coefficient (Wildman–Crippen LogP) is 2.55. The Morgan fingerprint density at radius 1 is 1.62 bits per heavy atom. The SMILES string of the molecule is C[C@H](C=O)Oc1cccc(CBr)c1. The van der Waals surface area contributed by atoms with Crippen LogP contribution in [0.25, 0.3) is 0 Å². The Balaban J connectivity index is 2.71. The van der Waals surface area contributed by atoms with E-state index in [1.807, 2.05) is 24.3 Å². The molecule has 1 atom stereocenters. The molecule has 0 aliphatic rings. The smallest absolute Gasteiger partial charge is 0.160 e. The summed E-state index contributed by atoms with van der Waals surface area (Å²) in [6.07, 6.45) is 0.395. The Labute approximate surface area is 86.0 Å². The zero-order valence-electron chi connectivity index (χ0n) is 7.37. The van der Waals surface area contributed by atoms with Crippen LogP contribution in [-0.2, 0) is 10.1 Å². The first-order chi connectivity index (χ1) is 6.26. The summed E-state index contributed by atoms with van der Waals surface area (Å²) in [5, 5.41) is 0.791. The molecule has 0 fully saturated rings. The van der Waals surface area contributed by atoms with Crippen LogP contribution in [0.3, 0.4) is 0 Å². The molecule has 0 aliphatic heterocycles. The molecule has 70 valence electrons. The van der Waals surface area contributed by atoms with Gasteiger partial charge in [-0.2, -0.15) is 0 Å². The number of alkyl halides is 1. The van der Waals surface area contributed by atoms with Crippen molar-refractivity contribution in [2.75, 3.05) is 0 Å². The summed E-state index contributed by atoms with van der Waals surface area (Å²) in [4.78, 5) is 10.3. The molecule has 0 spiro atoms. The quantitative estimate of drug-likeness (QED) is 0.600. The van der Waals surface area contributed by atoms with Gasteiger partial charge in [0.05, 0.1) is 0 Å². The molecule has 0 bridgehead atoms. The third-order valence-electron chi connectivity index (χ3n) is 1.57. The van der Waals surface area contributed by atoms with Crippen LogP contribution in [0.15, 0.2) is 24.3 Å². The van der Waals surface area contributed by atoms with Crippen molar-refractivity contribution >= 4 is 22.2 Å². The molecular weight excluding hydrogens is 232 g/mol. The highest BCUT2D eigenvalue weighted by molar-refractivity contribution is 9.08. The normalized spacial score (nSPS) is 12.2. The molecule has 3 heteroatoms. The highest BCUT2D eigenvalue weighted by Gasteiger charge is 2.01. The number of aldehydes is 1. The summed E-state index contributed by atoms with van der Waals surface area (Å²) in [5.74, 6) is 0.733. The predicted molar refractivity (Wildman–Crippen MR) is 55.2 cm³/mol. The van der Waals surface area contributed by atoms with E-state index in [0.29, 0.717) is 0 Å². The maximum atomic E-state index is 10.3. The van der Waals surface area contributed by atoms with Crippen molar-refractivity contribution in [1.82, 2.24) is 0 Å². The van der Waals surface area contributed by atoms with Gasteiger partial charge in [0.1, 0.15) is 5.75 Å². The second-order valence-electron chi connectivity index (χ2n) is 2.74. The molecule has 0 unspecified atom stereocenters. The van der Waals surface area contributed by atoms with Gasteiger partial charge in [-0.1, -0.05) is 28.1 Å². The van der Waals surface area contributed by atoms with Crippen LogP contribution in [0.1, 0.15) is 12.5 Å². The molecule has 0 aromatic heterocycles. The van der Waals surface area contributed by atoms with Crippen LogP contribution in [0.5, 0.6) is 5.75 Å². The Kier molecular flexibility index (Phi) is 3.96. The molecule has 1 aromatic rings. The second-order valence-corrected chi connectivity index (χ2v) is 3.30. The van der Waals surface area contributed by atoms with E-state index < -0.39 is 0 Å². The van der Waals surface area contributed by atoms with Crippen molar-refractivity contribution < 1.29 is 9.53 Å². The maximum Gasteiger partial charge on any atom is 0.160 e. The van der Waals surface area contributed by atoms with Crippen LogP contribution in [0.4, 0.5) is 0 Å². The number of carbonyl (C=O) groups excluding carboxylic acids is 1. The molecule has 1 aromatic carbocycles. The monoisotopic (exact) mass is 242 g/mol. The van der Waals surface area contributed by atoms with Crippen molar-refractivity contribution in [3.05, 3.63) is 29.8 Å². The van der Waals surface area contributed by atoms with Crippen molar-refractivity contribution in [2.45, 2.75) is 18.4 Å². The average Bonchev–Trinajstić information content (AvgIpc) is 2.18. The van der Waals surface area contributed by atoms with Gasteiger partial charge < -0.3 is 4.74 Å². The second kappa shape index (κ2) is 5.02. The van der Waals surface area contributed by atoms with Crippen LogP contribution in [-0.4, -0.2) is 12.4 Å². The van der Waals surface area contributed by atoms with Gasteiger partial charge in [-0.05, 0) is 24.6 Å². The number of carbonyl (C=O) groups is 1. The summed E-state index contributed by atoms with van der Waals surface area (Å²) in [6, 6.07) is 7.65. The van der Waals surface area contributed by atoms with Crippen molar-refractivity contribution in [1.29, 1.82) is 0 Å². The lowest BCUT2D eigenvalue weighted by Crippen LogP contribution is -2.12. The first-order valence-corrected chi connectivity index (χ1v) is 5.15. The lowest BCUT2D eigenvalue weighted by Gasteiger charge is -2.08. The van der Waals surface area contributed by atoms with E-state index in [1.54, 1.807) is 6.92 Å². The summed E-state index contributed by atoms with van der Waals surface area (Å²) in [7, 11) is 0. The van der Waals surface area contributed by atoms with E-state index in [0.717, 1.165) is 22.9 Å². The summed E-state index contributed by atoms with van der Waals surface area (Å²) < 4.78 is 5.32. The van der Waals surface area contributed by atoms with E-state index in [9.17, 15) is 4.79 Å². The number of hydrogen-bond acceptors (Lipinski definition) is 2. The van der Waals surface area contributed by atoms with Gasteiger partial charge in [0, 0.05) is 5.33 Å². The first-order valence-electron chi connectivity index (χ1n) is 4.03. The fourth-order valence-corrected chi connectivity index (χ4v) is 1.29. The van der Waals surface area contributed by atoms with Crippen molar-refractivity contribution in [3.63, 3.8) is 0 Å². The average molecular weight is 243 g/mol. The third kappa shape index (κ3) is 3.19. The van der Waals surface area contributed by atoms with E-state index in [1.165, 1.54) is 0 Å². The molecular formula is C10H11BrO2. The third-order valence-corrected chi connectivity index (χ3v) is 2.21. The van der Waals surface area contributed by atoms with E-state index >= 15 is 0 Å². The summed E-state index contributed by atoms with van der Waals surface area (Å²) in [6.45, 7) is 1.72. The molecule has 0 N–H and O–H groups in total. The molecule has 0 saturated heterocycles. The molecule has 0 heterocycles. The molecule has 0 radical (unpaired) electrons. The van der Waals surface area contributed by atoms with E-state index in [4.69, 9.17) is 4.74 Å². The Hall–Kier alpha value is -0.830. The largest absolute Gasteiger partial charge is 0.483 e.